The number of hydrogen-bond acceptors (Lipinski definition) is 2. The number of ether oxygens (including phenoxy) is 1. The van der Waals surface area contributed by atoms with E-state index in [1.54, 1.807) is 0 Å². The highest BCUT2D eigenvalue weighted by Gasteiger charge is 2.41. The Hall–Kier alpha value is -0.0800. The van der Waals surface area contributed by atoms with Crippen molar-refractivity contribution in [1.29, 1.82) is 0 Å². The van der Waals surface area contributed by atoms with Gasteiger partial charge in [0.2, 0.25) is 0 Å². The molecule has 1 heterocycles. The topological polar surface area (TPSA) is 12.5 Å². The predicted octanol–water partition coefficient (Wildman–Crippen LogP) is 6.14. The fraction of sp³-hybridized carbons (Fsp3) is 1.00. The summed E-state index contributed by atoms with van der Waals surface area (Å²) in [6, 6.07) is 0.667. The van der Waals surface area contributed by atoms with Gasteiger partial charge in [-0.15, -0.1) is 0 Å². The van der Waals surface area contributed by atoms with Crippen LogP contribution in [0.15, 0.2) is 0 Å². The van der Waals surface area contributed by atoms with Crippen LogP contribution in [0, 0.1) is 16.7 Å². The first kappa shape index (κ1) is 22.0. The average Bonchev–Trinajstić information content (AvgIpc) is 2.70. The molecule has 2 nitrogen and oxygen atoms in total. The molecule has 0 amide bonds. The van der Waals surface area contributed by atoms with Gasteiger partial charge in [-0.1, -0.05) is 34.6 Å². The Morgan fingerprint density at radius 1 is 0.875 bits per heavy atom. The van der Waals surface area contributed by atoms with Gasteiger partial charge in [-0.2, -0.15) is 0 Å². The Labute approximate surface area is 152 Å². The second-order valence-electron chi connectivity index (χ2n) is 11.6. The molecule has 1 rings (SSSR count). The van der Waals surface area contributed by atoms with Crippen LogP contribution in [0.1, 0.15) is 95.4 Å². The lowest BCUT2D eigenvalue weighted by molar-refractivity contribution is -0.153. The van der Waals surface area contributed by atoms with Gasteiger partial charge in [-0.05, 0) is 84.1 Å². The molecule has 0 aliphatic carbocycles. The van der Waals surface area contributed by atoms with E-state index in [1.807, 2.05) is 0 Å². The Morgan fingerprint density at radius 2 is 1.38 bits per heavy atom. The minimum absolute atomic E-state index is 0.0858. The number of nitrogens with zero attached hydrogens (tertiary/aromatic N) is 1. The van der Waals surface area contributed by atoms with Crippen LogP contribution in [0.3, 0.4) is 0 Å². The fourth-order valence-electron chi connectivity index (χ4n) is 5.23. The van der Waals surface area contributed by atoms with Gasteiger partial charge in [0, 0.05) is 12.6 Å². The van der Waals surface area contributed by atoms with Crippen LogP contribution in [0.2, 0.25) is 0 Å². The van der Waals surface area contributed by atoms with Crippen LogP contribution in [-0.4, -0.2) is 35.2 Å². The zero-order valence-electron chi connectivity index (χ0n) is 18.5. The molecule has 1 unspecified atom stereocenters. The van der Waals surface area contributed by atoms with Crippen LogP contribution < -0.4 is 0 Å². The van der Waals surface area contributed by atoms with Crippen molar-refractivity contribution in [1.82, 2.24) is 4.90 Å². The lowest BCUT2D eigenvalue weighted by Crippen LogP contribution is -2.43. The predicted molar refractivity (Wildman–Crippen MR) is 107 cm³/mol. The van der Waals surface area contributed by atoms with Crippen LogP contribution in [0.5, 0.6) is 0 Å². The molecule has 1 saturated heterocycles. The highest BCUT2D eigenvalue weighted by Crippen LogP contribution is 2.43. The molecule has 0 bridgehead atoms. The zero-order valence-corrected chi connectivity index (χ0v) is 18.5. The number of hydrogen-bond donors (Lipinski definition) is 0. The summed E-state index contributed by atoms with van der Waals surface area (Å²) in [7, 11) is 0. The van der Waals surface area contributed by atoms with Crippen molar-refractivity contribution in [2.75, 3.05) is 13.1 Å². The largest absolute Gasteiger partial charge is 0.370 e. The summed E-state index contributed by atoms with van der Waals surface area (Å²) >= 11 is 0. The first-order chi connectivity index (χ1) is 10.5. The Bertz CT molecular complexity index is 401. The van der Waals surface area contributed by atoms with Gasteiger partial charge in [0.15, 0.2) is 0 Å². The number of likely N-dealkylation sites (tertiary alicyclic amines) is 1. The normalized spacial score (nSPS) is 21.8. The highest BCUT2D eigenvalue weighted by molar-refractivity contribution is 4.92. The zero-order chi connectivity index (χ0) is 19.0. The summed E-state index contributed by atoms with van der Waals surface area (Å²) in [5, 5.41) is 0. The van der Waals surface area contributed by atoms with E-state index >= 15 is 0 Å². The van der Waals surface area contributed by atoms with E-state index < -0.39 is 0 Å². The van der Waals surface area contributed by atoms with Crippen LogP contribution in [0.25, 0.3) is 0 Å². The van der Waals surface area contributed by atoms with Crippen molar-refractivity contribution >= 4 is 0 Å². The molecule has 0 N–H and O–H groups in total. The molecule has 0 radical (unpaired) electrons. The molecule has 1 fully saturated rings. The summed E-state index contributed by atoms with van der Waals surface area (Å²) in [5.74, 6) is 0.772. The summed E-state index contributed by atoms with van der Waals surface area (Å²) < 4.78 is 6.66. The first-order valence-electron chi connectivity index (χ1n) is 9.97. The van der Waals surface area contributed by atoms with Gasteiger partial charge >= 0.3 is 0 Å². The van der Waals surface area contributed by atoms with E-state index in [1.165, 1.54) is 19.5 Å². The second kappa shape index (κ2) is 7.27. The van der Waals surface area contributed by atoms with Crippen molar-refractivity contribution in [3.05, 3.63) is 0 Å². The quantitative estimate of drug-likeness (QED) is 0.552. The number of rotatable bonds is 7. The Morgan fingerprint density at radius 3 is 1.79 bits per heavy atom. The van der Waals surface area contributed by atoms with Gasteiger partial charge in [0.05, 0.1) is 11.2 Å². The maximum Gasteiger partial charge on any atom is 0.0639 e. The molecule has 1 aliphatic heterocycles. The minimum Gasteiger partial charge on any atom is -0.370 e. The maximum absolute atomic E-state index is 6.66. The van der Waals surface area contributed by atoms with Gasteiger partial charge in [-0.3, -0.25) is 0 Å². The molecule has 24 heavy (non-hydrogen) atoms. The summed E-state index contributed by atoms with van der Waals surface area (Å²) in [6.45, 7) is 28.0. The van der Waals surface area contributed by atoms with Gasteiger partial charge in [0.25, 0.3) is 0 Å². The molecule has 1 atom stereocenters. The summed E-state index contributed by atoms with van der Waals surface area (Å²) in [5.41, 5.74) is 0.421. The van der Waals surface area contributed by atoms with Crippen LogP contribution >= 0.6 is 0 Å². The minimum atomic E-state index is -0.0937. The molecule has 0 aromatic rings. The SMILES string of the molecule is CC(C)N1CCC(C(C)(C)CC(C)(C)OC(C)(C)CC(C)(C)C)C1. The molecule has 144 valence electrons. The van der Waals surface area contributed by atoms with E-state index in [2.05, 4.69) is 81.1 Å². The van der Waals surface area contributed by atoms with Gasteiger partial charge in [0.1, 0.15) is 0 Å². The summed E-state index contributed by atoms with van der Waals surface area (Å²) in [6.07, 6.45) is 3.52. The molecule has 0 aromatic carbocycles. The second-order valence-corrected chi connectivity index (χ2v) is 11.6. The van der Waals surface area contributed by atoms with Crippen molar-refractivity contribution in [3.8, 4) is 0 Å². The van der Waals surface area contributed by atoms with Crippen molar-refractivity contribution < 1.29 is 4.74 Å². The Balaban J connectivity index is 2.71. The smallest absolute Gasteiger partial charge is 0.0639 e. The summed E-state index contributed by atoms with van der Waals surface area (Å²) in [4.78, 5) is 2.63. The molecule has 2 heteroatoms. The van der Waals surface area contributed by atoms with E-state index in [-0.39, 0.29) is 16.6 Å². The third kappa shape index (κ3) is 7.04. The van der Waals surface area contributed by atoms with E-state index in [0.29, 0.717) is 11.5 Å². The van der Waals surface area contributed by atoms with E-state index in [4.69, 9.17) is 4.74 Å². The average molecular weight is 340 g/mol. The molecule has 0 spiro atoms. The fourth-order valence-corrected chi connectivity index (χ4v) is 5.23. The molecule has 0 aromatic heterocycles. The van der Waals surface area contributed by atoms with Gasteiger partial charge in [-0.25, -0.2) is 0 Å². The molecular weight excluding hydrogens is 294 g/mol. The lowest BCUT2D eigenvalue weighted by atomic mass is 9.71. The molecule has 1 aliphatic rings. The Kier molecular flexibility index (Phi) is 6.65. The third-order valence-corrected chi connectivity index (χ3v) is 5.45. The van der Waals surface area contributed by atoms with E-state index in [9.17, 15) is 0 Å². The van der Waals surface area contributed by atoms with Crippen molar-refractivity contribution in [2.24, 2.45) is 16.7 Å². The molecule has 0 saturated carbocycles. The maximum atomic E-state index is 6.66. The van der Waals surface area contributed by atoms with Crippen molar-refractivity contribution in [3.63, 3.8) is 0 Å². The van der Waals surface area contributed by atoms with E-state index in [0.717, 1.165) is 18.8 Å². The van der Waals surface area contributed by atoms with Crippen molar-refractivity contribution in [2.45, 2.75) is 113 Å². The monoisotopic (exact) mass is 339 g/mol. The van der Waals surface area contributed by atoms with Gasteiger partial charge < -0.3 is 9.64 Å². The third-order valence-electron chi connectivity index (χ3n) is 5.45. The first-order valence-corrected chi connectivity index (χ1v) is 9.97. The lowest BCUT2D eigenvalue weighted by Gasteiger charge is -2.44. The standard InChI is InChI=1S/C22H45NO/c1-17(2)23-13-12-18(14-23)20(6,7)16-22(10,11)24-21(8,9)15-19(3,4)5/h17-18H,12-16H2,1-11H3. The van der Waals surface area contributed by atoms with Crippen LogP contribution in [-0.2, 0) is 4.74 Å². The highest BCUT2D eigenvalue weighted by atomic mass is 16.5. The van der Waals surface area contributed by atoms with Crippen LogP contribution in [0.4, 0.5) is 0 Å². The molecular formula is C22H45NO.